The molecule has 63 heteroatoms. The van der Waals surface area contributed by atoms with Crippen LogP contribution in [-0.2, 0) is 94.7 Å². The zero-order valence-electron chi connectivity index (χ0n) is 44.3. The number of phosphoric ester groups is 3. The number of halogens is 3. The molecule has 0 radical (unpaired) electrons. The minimum Gasteiger partial charge on any atom is -0.850 e. The van der Waals surface area contributed by atoms with Crippen LogP contribution in [0.1, 0.15) is 37.9 Å². The molecule has 0 aliphatic carbocycles. The maximum absolute atomic E-state index is 12.0. The van der Waals surface area contributed by atoms with Gasteiger partial charge in [0.1, 0.15) is 18.7 Å². The monoisotopic (exact) mass is 1660 g/mol. The van der Waals surface area contributed by atoms with Crippen molar-refractivity contribution in [3.63, 3.8) is 0 Å². The van der Waals surface area contributed by atoms with Crippen molar-refractivity contribution in [2.75, 3.05) is 19.8 Å². The van der Waals surface area contributed by atoms with E-state index in [0.717, 1.165) is 32.3 Å². The van der Waals surface area contributed by atoms with Crippen molar-refractivity contribution in [2.24, 2.45) is 0 Å². The van der Waals surface area contributed by atoms with Gasteiger partial charge in [0.25, 0.3) is 16.7 Å². The molecule has 0 bridgehead atoms. The van der Waals surface area contributed by atoms with Gasteiger partial charge in [-0.05, 0) is 67.1 Å². The summed E-state index contributed by atoms with van der Waals surface area (Å²) in [5.74, 6) is 0. The van der Waals surface area contributed by atoms with Crippen molar-refractivity contribution in [2.45, 2.75) is 74.6 Å². The molecule has 3 fully saturated rings. The molecule has 0 saturated carbocycles. The summed E-state index contributed by atoms with van der Waals surface area (Å²) < 4.78 is 153. The Bertz CT molecular complexity index is 3450. The molecule has 6 unspecified atom stereocenters. The molecular formula is C27H39Br3Li3N6O42P9. The molecule has 90 heavy (non-hydrogen) atoms. The van der Waals surface area contributed by atoms with E-state index in [2.05, 4.69) is 87.2 Å². The number of hydrogen-bond donors (Lipinski definition) is 15. The molecule has 498 valence electrons. The Morgan fingerprint density at radius 2 is 0.600 bits per heavy atom. The average Bonchev–Trinajstić information content (AvgIpc) is 3.55. The summed E-state index contributed by atoms with van der Waals surface area (Å²) in [6.07, 6.45) is -10.2. The van der Waals surface area contributed by atoms with Gasteiger partial charge in [0.2, 0.25) is 0 Å². The van der Waals surface area contributed by atoms with E-state index >= 15 is 0 Å². The van der Waals surface area contributed by atoms with Gasteiger partial charge in [-0.3, -0.25) is 56.6 Å². The Labute approximate surface area is 557 Å². The Morgan fingerprint density at radius 3 is 0.789 bits per heavy atom. The maximum Gasteiger partial charge on any atom is 1.00 e. The summed E-state index contributed by atoms with van der Waals surface area (Å²) in [6.45, 7) is -2.85. The molecule has 0 aromatic carbocycles. The smallest absolute Gasteiger partial charge is 0.850 e. The molecule has 15 N–H and O–H groups in total. The summed E-state index contributed by atoms with van der Waals surface area (Å²) in [5, 5.41) is 36.1. The van der Waals surface area contributed by atoms with Crippen LogP contribution in [0.4, 0.5) is 0 Å². The normalized spacial score (nSPS) is 25.9. The number of hydrogen-bond acceptors (Lipinski definition) is 30. The Morgan fingerprint density at radius 1 is 0.400 bits per heavy atom. The summed E-state index contributed by atoms with van der Waals surface area (Å²) in [4.78, 5) is 181. The first-order valence-electron chi connectivity index (χ1n) is 21.6. The molecule has 6 rings (SSSR count). The fraction of sp³-hybridized carbons (Fsp3) is 0.556. The molecule has 3 saturated heterocycles. The quantitative estimate of drug-likeness (QED) is 0.0292. The molecule has 0 amide bonds. The molecular weight excluding hydrogens is 1620 g/mol. The summed E-state index contributed by atoms with van der Waals surface area (Å²) in [7, 11) is -50.0. The number of rotatable bonds is 24. The van der Waals surface area contributed by atoms with E-state index in [1.54, 1.807) is 0 Å². The van der Waals surface area contributed by atoms with Crippen LogP contribution < -0.4 is 106 Å². The SMILES string of the molecule is O=c1[nH]c(=O)n([C@H]2C[C@H]([O-])[C@@H](COP(=O)(O)OP(=O)(O)OP(=O)(O)O)O2)cc1Br.O=c1[nH]c(=O)n([C@H]2C[C@H]([O-])[C@@H](COP(=O)(O)OP(=O)(O)OP(=O)(O)O)O2)cc1Br.O=c1[nH]c(=O)n([C@H]2C[C@H]([O-])[C@@H](COP(=O)(O)OP(=O)(O)OP(=O)(O)O)O2)cc1Br.[Li+].[Li+].[Li+]. The van der Waals surface area contributed by atoms with Crippen molar-refractivity contribution in [3.05, 3.63) is 94.5 Å². The Kier molecular flexibility index (Phi) is 34.2. The van der Waals surface area contributed by atoms with Gasteiger partial charge in [-0.15, -0.1) is 0 Å². The second-order valence-corrected chi connectivity index (χ2v) is 32.1. The predicted molar refractivity (Wildman–Crippen MR) is 273 cm³/mol. The second-order valence-electron chi connectivity index (χ2n) is 16.3. The van der Waals surface area contributed by atoms with Crippen LogP contribution in [0.25, 0.3) is 0 Å². The zero-order chi connectivity index (χ0) is 66.6. The first-order chi connectivity index (χ1) is 39.3. The van der Waals surface area contributed by atoms with Crippen LogP contribution >= 0.6 is 118 Å². The number of nitrogens with one attached hydrogen (secondary N) is 3. The van der Waals surface area contributed by atoms with Crippen LogP contribution in [0.5, 0.6) is 0 Å². The third kappa shape index (κ3) is 29.8. The topological polar surface area (TPSA) is 741 Å². The van der Waals surface area contributed by atoms with E-state index in [-0.39, 0.29) is 89.3 Å². The van der Waals surface area contributed by atoms with Gasteiger partial charge in [0.05, 0.1) is 51.6 Å². The number of ether oxygens (including phenoxy) is 3. The number of aromatic amines is 3. The molecule has 0 spiro atoms. The van der Waals surface area contributed by atoms with Crippen LogP contribution in [-0.4, -0.2) is 144 Å². The Balaban J connectivity index is 0.000000664. The van der Waals surface area contributed by atoms with Crippen molar-refractivity contribution in [1.29, 1.82) is 0 Å². The van der Waals surface area contributed by atoms with Crippen molar-refractivity contribution in [1.82, 2.24) is 28.7 Å². The first-order valence-corrected chi connectivity index (χ1v) is 37.5. The zero-order valence-corrected chi connectivity index (χ0v) is 57.1. The van der Waals surface area contributed by atoms with Crippen molar-refractivity contribution >= 4 is 118 Å². The van der Waals surface area contributed by atoms with Gasteiger partial charge in [-0.25, -0.2) is 55.5 Å². The van der Waals surface area contributed by atoms with E-state index in [4.69, 9.17) is 58.3 Å². The average molecular weight is 1660 g/mol. The molecule has 48 nitrogen and oxygen atoms in total. The minimum absolute atomic E-state index is 0. The fourth-order valence-corrected chi connectivity index (χ4v) is 16.5. The van der Waals surface area contributed by atoms with Crippen molar-refractivity contribution < 1.29 is 225 Å². The van der Waals surface area contributed by atoms with Gasteiger partial charge in [0, 0.05) is 18.6 Å². The summed E-state index contributed by atoms with van der Waals surface area (Å²) in [5.41, 5.74) is -4.80. The van der Waals surface area contributed by atoms with Gasteiger partial charge in [-0.2, -0.15) is 25.9 Å². The summed E-state index contributed by atoms with van der Waals surface area (Å²) >= 11 is 8.69. The minimum atomic E-state index is -5.69. The number of aromatic nitrogens is 6. The fourth-order valence-electron chi connectivity index (χ4n) is 6.50. The van der Waals surface area contributed by atoms with E-state index in [0.29, 0.717) is 0 Å². The Hall–Kier alpha value is 0.262. The van der Waals surface area contributed by atoms with Crippen LogP contribution in [0.3, 0.4) is 0 Å². The van der Waals surface area contributed by atoms with E-state index in [1.165, 1.54) is 0 Å². The maximum atomic E-state index is 12.0. The first kappa shape index (κ1) is 88.3. The van der Waals surface area contributed by atoms with Gasteiger partial charge in [0.15, 0.2) is 0 Å². The predicted octanol–water partition coefficient (Wildman–Crippen LogP) is -13.0. The van der Waals surface area contributed by atoms with Gasteiger partial charge >= 0.3 is 144 Å². The third-order valence-electron chi connectivity index (χ3n) is 9.70. The molecule has 3 aliphatic rings. The van der Waals surface area contributed by atoms with Gasteiger partial charge < -0.3 is 88.3 Å². The third-order valence-corrected chi connectivity index (χ3v) is 22.8. The van der Waals surface area contributed by atoms with Crippen LogP contribution in [0.15, 0.2) is 60.8 Å². The standard InChI is InChI=1S/3C9H13BrN2O14P3.3Li/c3*10-4-2-12(9(15)11-8(4)14)7-1-5(13)6(24-7)3-23-28(19,20)26-29(21,22)25-27(16,17)18;;;/h3*2,5-7H,1,3H2,(H,19,20)(H,21,22)(H,11,14,15)(H2,16,17,18);;;/q3*-1;3*+1/t3*5-,6+,7+;;;/m000.../s1. The van der Waals surface area contributed by atoms with Crippen LogP contribution in [0.2, 0.25) is 0 Å². The molecule has 3 aromatic heterocycles. The second kappa shape index (κ2) is 34.8. The molecule has 15 atom stereocenters. The summed E-state index contributed by atoms with van der Waals surface area (Å²) in [6, 6.07) is 0. The van der Waals surface area contributed by atoms with E-state index in [1.807, 2.05) is 15.0 Å². The van der Waals surface area contributed by atoms with E-state index in [9.17, 15) is 99.9 Å². The number of H-pyrrole nitrogens is 3. The molecule has 3 aromatic rings. The van der Waals surface area contributed by atoms with E-state index < -0.39 is 179 Å². The molecule has 3 aliphatic heterocycles. The molecule has 6 heterocycles. The van der Waals surface area contributed by atoms with Crippen molar-refractivity contribution in [3.8, 4) is 0 Å². The van der Waals surface area contributed by atoms with Crippen LogP contribution in [0, 0.1) is 0 Å². The largest absolute Gasteiger partial charge is 1.00 e. The number of phosphoric acid groups is 9. The van der Waals surface area contributed by atoms with Gasteiger partial charge in [-0.1, -0.05) is 18.3 Å². The number of nitrogens with zero attached hydrogens (tertiary/aromatic N) is 3.